The predicted molar refractivity (Wildman–Crippen MR) is 85.8 cm³/mol. The van der Waals surface area contributed by atoms with Crippen molar-refractivity contribution in [3.63, 3.8) is 0 Å². The summed E-state index contributed by atoms with van der Waals surface area (Å²) in [7, 11) is -3.59. The molecule has 21 heavy (non-hydrogen) atoms. The van der Waals surface area contributed by atoms with Crippen LogP contribution in [0.25, 0.3) is 0 Å². The smallest absolute Gasteiger partial charge is 0.266 e. The number of nitrogens with one attached hydrogen (secondary N) is 1. The first-order chi connectivity index (χ1) is 10.1. The maximum atomic E-state index is 12.7. The van der Waals surface area contributed by atoms with Crippen molar-refractivity contribution in [2.45, 2.75) is 19.8 Å². The highest BCUT2D eigenvalue weighted by molar-refractivity contribution is 7.94. The van der Waals surface area contributed by atoms with E-state index in [-0.39, 0.29) is 0 Å². The van der Waals surface area contributed by atoms with Crippen LogP contribution in [0.3, 0.4) is 0 Å². The van der Waals surface area contributed by atoms with Gasteiger partial charge in [-0.25, -0.2) is 0 Å². The quantitative estimate of drug-likeness (QED) is 0.947. The number of fused-ring (bicyclic) bond motifs is 1. The van der Waals surface area contributed by atoms with Gasteiger partial charge in [-0.05, 0) is 43.0 Å². The number of rotatable bonds is 3. The highest BCUT2D eigenvalue weighted by Crippen LogP contribution is 2.29. The fourth-order valence-electron chi connectivity index (χ4n) is 2.63. The molecule has 1 aliphatic rings. The van der Waals surface area contributed by atoms with E-state index in [4.69, 9.17) is 0 Å². The second kappa shape index (κ2) is 5.41. The minimum atomic E-state index is -3.59. The minimum Gasteiger partial charge on any atom is -0.266 e. The van der Waals surface area contributed by atoms with Crippen molar-refractivity contribution in [2.24, 2.45) is 0 Å². The molecule has 0 saturated carbocycles. The van der Waals surface area contributed by atoms with Crippen molar-refractivity contribution in [1.82, 2.24) is 0 Å². The summed E-state index contributed by atoms with van der Waals surface area (Å²) in [5, 5.41) is 0. The lowest BCUT2D eigenvalue weighted by Crippen LogP contribution is -2.39. The lowest BCUT2D eigenvalue weighted by Gasteiger charge is -2.30. The van der Waals surface area contributed by atoms with Gasteiger partial charge in [0.25, 0.3) is 0 Å². The third-order valence-electron chi connectivity index (χ3n) is 3.74. The number of nitrogens with zero attached hydrogens (tertiary/aromatic N) is 1. The monoisotopic (exact) mass is 302 g/mol. The molecule has 0 fully saturated rings. The lowest BCUT2D eigenvalue weighted by molar-refractivity contribution is 0.592. The Kier molecular flexibility index (Phi) is 3.59. The van der Waals surface area contributed by atoms with Gasteiger partial charge >= 0.3 is 10.2 Å². The second-order valence-corrected chi connectivity index (χ2v) is 6.82. The van der Waals surface area contributed by atoms with Gasteiger partial charge in [0, 0.05) is 6.54 Å². The van der Waals surface area contributed by atoms with Crippen LogP contribution in [0.2, 0.25) is 0 Å². The number of benzene rings is 2. The largest absolute Gasteiger partial charge is 0.323 e. The molecule has 0 unspecified atom stereocenters. The SMILES string of the molecule is Cc1ccccc1NS(=O)(=O)N1CCCc2ccccc21. The van der Waals surface area contributed by atoms with Crippen LogP contribution in [0.1, 0.15) is 17.5 Å². The Morgan fingerprint density at radius 2 is 1.76 bits per heavy atom. The maximum absolute atomic E-state index is 12.7. The summed E-state index contributed by atoms with van der Waals surface area (Å²) < 4.78 is 29.5. The lowest BCUT2D eigenvalue weighted by atomic mass is 10.0. The zero-order valence-electron chi connectivity index (χ0n) is 11.9. The molecule has 4 nitrogen and oxygen atoms in total. The fourth-order valence-corrected chi connectivity index (χ4v) is 4.05. The van der Waals surface area contributed by atoms with E-state index in [1.54, 1.807) is 6.07 Å². The van der Waals surface area contributed by atoms with Crippen molar-refractivity contribution < 1.29 is 8.42 Å². The van der Waals surface area contributed by atoms with Crippen LogP contribution in [0.4, 0.5) is 11.4 Å². The molecule has 1 heterocycles. The summed E-state index contributed by atoms with van der Waals surface area (Å²) in [4.78, 5) is 0. The highest BCUT2D eigenvalue weighted by atomic mass is 32.2. The second-order valence-electron chi connectivity index (χ2n) is 5.23. The first-order valence-corrected chi connectivity index (χ1v) is 8.46. The summed E-state index contributed by atoms with van der Waals surface area (Å²) in [6.45, 7) is 2.40. The summed E-state index contributed by atoms with van der Waals surface area (Å²) >= 11 is 0. The summed E-state index contributed by atoms with van der Waals surface area (Å²) in [5.41, 5.74) is 3.40. The molecule has 5 heteroatoms. The molecule has 0 amide bonds. The molecule has 1 N–H and O–H groups in total. The Morgan fingerprint density at radius 3 is 2.57 bits per heavy atom. The molecule has 1 aliphatic heterocycles. The van der Waals surface area contributed by atoms with E-state index in [9.17, 15) is 8.42 Å². The van der Waals surface area contributed by atoms with Gasteiger partial charge in [-0.3, -0.25) is 9.03 Å². The molecule has 0 radical (unpaired) electrons. The number of para-hydroxylation sites is 2. The van der Waals surface area contributed by atoms with E-state index in [0.717, 1.165) is 29.7 Å². The molecular weight excluding hydrogens is 284 g/mol. The Balaban J connectivity index is 1.95. The van der Waals surface area contributed by atoms with Crippen LogP contribution in [-0.2, 0) is 16.6 Å². The molecule has 0 spiro atoms. The van der Waals surface area contributed by atoms with Crippen molar-refractivity contribution in [1.29, 1.82) is 0 Å². The van der Waals surface area contributed by atoms with E-state index in [1.165, 1.54) is 4.31 Å². The average Bonchev–Trinajstić information content (AvgIpc) is 2.49. The summed E-state index contributed by atoms with van der Waals surface area (Å²) in [6.07, 6.45) is 1.76. The van der Waals surface area contributed by atoms with Crippen molar-refractivity contribution in [3.05, 3.63) is 59.7 Å². The van der Waals surface area contributed by atoms with Crippen molar-refractivity contribution >= 4 is 21.6 Å². The van der Waals surface area contributed by atoms with Gasteiger partial charge in [0.15, 0.2) is 0 Å². The van der Waals surface area contributed by atoms with Gasteiger partial charge in [0.05, 0.1) is 11.4 Å². The van der Waals surface area contributed by atoms with Gasteiger partial charge < -0.3 is 0 Å². The van der Waals surface area contributed by atoms with E-state index in [0.29, 0.717) is 12.2 Å². The number of anilines is 2. The minimum absolute atomic E-state index is 0.512. The van der Waals surface area contributed by atoms with Gasteiger partial charge in [-0.15, -0.1) is 0 Å². The maximum Gasteiger partial charge on any atom is 0.323 e. The third kappa shape index (κ3) is 2.74. The molecule has 0 aromatic heterocycles. The van der Waals surface area contributed by atoms with Gasteiger partial charge in [0.2, 0.25) is 0 Å². The first kappa shape index (κ1) is 13.9. The molecule has 0 saturated heterocycles. The molecule has 3 rings (SSSR count). The number of aryl methyl sites for hydroxylation is 2. The summed E-state index contributed by atoms with van der Waals surface area (Å²) in [5.74, 6) is 0. The molecular formula is C16H18N2O2S. The molecule has 0 atom stereocenters. The van der Waals surface area contributed by atoms with Gasteiger partial charge in [-0.2, -0.15) is 8.42 Å². The molecule has 0 aliphatic carbocycles. The Morgan fingerprint density at radius 1 is 1.05 bits per heavy atom. The fraction of sp³-hybridized carbons (Fsp3) is 0.250. The van der Waals surface area contributed by atoms with Gasteiger partial charge in [0.1, 0.15) is 0 Å². The topological polar surface area (TPSA) is 49.4 Å². The predicted octanol–water partition coefficient (Wildman–Crippen LogP) is 3.10. The van der Waals surface area contributed by atoms with Crippen molar-refractivity contribution in [3.8, 4) is 0 Å². The Labute approximate surface area is 125 Å². The molecule has 0 bridgehead atoms. The zero-order valence-corrected chi connectivity index (χ0v) is 12.7. The summed E-state index contributed by atoms with van der Waals surface area (Å²) in [6, 6.07) is 15.1. The molecule has 2 aromatic carbocycles. The first-order valence-electron chi connectivity index (χ1n) is 7.02. The van der Waals surface area contributed by atoms with Crippen LogP contribution in [0.5, 0.6) is 0 Å². The van der Waals surface area contributed by atoms with E-state index in [2.05, 4.69) is 4.72 Å². The third-order valence-corrected chi connectivity index (χ3v) is 5.18. The zero-order chi connectivity index (χ0) is 14.9. The Bertz CT molecular complexity index is 756. The number of hydrogen-bond donors (Lipinski definition) is 1. The van der Waals surface area contributed by atoms with Crippen LogP contribution in [0.15, 0.2) is 48.5 Å². The standard InChI is InChI=1S/C16H18N2O2S/c1-13-7-2-4-10-15(13)17-21(19,20)18-12-6-9-14-8-3-5-11-16(14)18/h2-5,7-8,10-11,17H,6,9,12H2,1H3. The van der Waals surface area contributed by atoms with E-state index in [1.807, 2.05) is 49.4 Å². The number of hydrogen-bond acceptors (Lipinski definition) is 2. The van der Waals surface area contributed by atoms with Crippen LogP contribution < -0.4 is 9.03 Å². The van der Waals surface area contributed by atoms with Gasteiger partial charge in [-0.1, -0.05) is 36.4 Å². The van der Waals surface area contributed by atoms with Crippen LogP contribution >= 0.6 is 0 Å². The molecule has 2 aromatic rings. The average molecular weight is 302 g/mol. The van der Waals surface area contributed by atoms with E-state index >= 15 is 0 Å². The van der Waals surface area contributed by atoms with E-state index < -0.39 is 10.2 Å². The van der Waals surface area contributed by atoms with Crippen LogP contribution in [0, 0.1) is 6.92 Å². The Hall–Kier alpha value is -2.01. The normalized spacial score (nSPS) is 14.6. The van der Waals surface area contributed by atoms with Crippen molar-refractivity contribution in [2.75, 3.05) is 15.6 Å². The molecule has 110 valence electrons. The van der Waals surface area contributed by atoms with Crippen LogP contribution in [-0.4, -0.2) is 15.0 Å². The highest BCUT2D eigenvalue weighted by Gasteiger charge is 2.27.